The number of aromatic hydroxyl groups is 2. The molecule has 4 N–H and O–H groups in total. The van der Waals surface area contributed by atoms with Crippen LogP contribution in [-0.2, 0) is 28.5 Å². The molecule has 0 saturated carbocycles. The molecule has 0 radical (unpaired) electrons. The first-order valence-corrected chi connectivity index (χ1v) is 16.3. The van der Waals surface area contributed by atoms with Crippen LogP contribution in [-0.4, -0.2) is 115 Å². The summed E-state index contributed by atoms with van der Waals surface area (Å²) in [7, 11) is 2.26. The number of ether oxygens (including phenoxy) is 4. The topological polar surface area (TPSA) is 220 Å². The number of hydrogen-bond acceptors (Lipinski definition) is 15. The van der Waals surface area contributed by atoms with Crippen molar-refractivity contribution < 1.29 is 68.1 Å². The van der Waals surface area contributed by atoms with Gasteiger partial charge in [0.2, 0.25) is 11.6 Å². The maximum absolute atomic E-state index is 15.0. The molecule has 2 aliphatic carbocycles. The molecule has 0 aromatic heterocycles. The third kappa shape index (κ3) is 4.55. The largest absolute Gasteiger partial charge is 0.507 e. The van der Waals surface area contributed by atoms with Crippen LogP contribution in [0.25, 0.3) is 0 Å². The normalized spacial score (nSPS) is 35.1. The number of hydrogen-bond donors (Lipinski definition) is 4. The molecule has 8 atom stereocenters. The number of carbonyl (C=O) groups is 6. The van der Waals surface area contributed by atoms with Gasteiger partial charge in [0.1, 0.15) is 21.0 Å². The lowest BCUT2D eigenvalue weighted by molar-refractivity contribution is -0.173. The Bertz CT molecular complexity index is 1690. The summed E-state index contributed by atoms with van der Waals surface area (Å²) >= 11 is 0.381. The van der Waals surface area contributed by atoms with Crippen molar-refractivity contribution in [1.29, 1.82) is 0 Å². The molecule has 0 bridgehead atoms. The molecule has 6 rings (SSSR count). The summed E-state index contributed by atoms with van der Waals surface area (Å²) in [4.78, 5) is 83.9. The number of esters is 2. The van der Waals surface area contributed by atoms with Gasteiger partial charge in [0.15, 0.2) is 22.8 Å². The van der Waals surface area contributed by atoms with Gasteiger partial charge in [0.05, 0.1) is 62.6 Å². The Labute approximate surface area is 283 Å². The van der Waals surface area contributed by atoms with E-state index in [2.05, 4.69) is 0 Å². The molecule has 14 nitrogen and oxygen atoms in total. The number of ketones is 4. The predicted molar refractivity (Wildman–Crippen MR) is 168 cm³/mol. The standard InChI is InChI=1S/C34H34O14S/c1-15-33(43)29(41)25-19(7-5-9-21(25)35)27(39)31(33,13-17(47-15)11-23(37)45-3)49-32-14-18(12-24(38)46-4)48-16(2)34(32,44)30(42)26-20(28(32)40)8-6-10-22(26)36/h5-10,15-18,35-36,43-44H,11-14H2,1-4H3/t15-,16-,17-,18-,31?,32?,33+,34+/m0/s1. The summed E-state index contributed by atoms with van der Waals surface area (Å²) in [6.07, 6.45) is -7.60. The fourth-order valence-electron chi connectivity index (χ4n) is 7.91. The highest BCUT2D eigenvalue weighted by molar-refractivity contribution is 8.03. The number of Topliss-reactive ketones (excluding diaryl/α,β-unsaturated/α-hetero) is 4. The van der Waals surface area contributed by atoms with Crippen LogP contribution in [0.4, 0.5) is 0 Å². The number of phenols is 2. The second kappa shape index (κ2) is 11.7. The van der Waals surface area contributed by atoms with E-state index in [4.69, 9.17) is 18.9 Å². The van der Waals surface area contributed by atoms with Gasteiger partial charge in [-0.1, -0.05) is 24.3 Å². The minimum absolute atomic E-state index is 0.313. The third-order valence-electron chi connectivity index (χ3n) is 10.3. The van der Waals surface area contributed by atoms with Crippen molar-refractivity contribution in [3.05, 3.63) is 58.7 Å². The third-order valence-corrected chi connectivity index (χ3v) is 12.3. The highest BCUT2D eigenvalue weighted by Gasteiger charge is 2.78. The quantitative estimate of drug-likeness (QED) is 0.316. The van der Waals surface area contributed by atoms with Crippen molar-refractivity contribution in [1.82, 2.24) is 0 Å². The molecular weight excluding hydrogens is 664 g/mol. The monoisotopic (exact) mass is 698 g/mol. The molecule has 2 aromatic rings. The fraction of sp³-hybridized carbons (Fsp3) is 0.471. The highest BCUT2D eigenvalue weighted by Crippen LogP contribution is 2.64. The zero-order chi connectivity index (χ0) is 35.8. The summed E-state index contributed by atoms with van der Waals surface area (Å²) in [6, 6.07) is 7.44. The molecule has 2 saturated heterocycles. The zero-order valence-electron chi connectivity index (χ0n) is 26.9. The number of carbonyl (C=O) groups excluding carboxylic acids is 6. The van der Waals surface area contributed by atoms with Crippen molar-refractivity contribution >= 4 is 46.8 Å². The summed E-state index contributed by atoms with van der Waals surface area (Å²) in [5.74, 6) is -6.87. The van der Waals surface area contributed by atoms with Crippen LogP contribution < -0.4 is 0 Å². The highest BCUT2D eigenvalue weighted by atomic mass is 32.2. The first kappa shape index (κ1) is 34.7. The molecule has 0 spiro atoms. The molecule has 49 heavy (non-hydrogen) atoms. The summed E-state index contributed by atoms with van der Waals surface area (Å²) in [5.41, 5.74) is -7.33. The lowest BCUT2D eigenvalue weighted by Crippen LogP contribution is -2.79. The van der Waals surface area contributed by atoms with Gasteiger partial charge in [-0.25, -0.2) is 0 Å². The van der Waals surface area contributed by atoms with Gasteiger partial charge in [-0.05, 0) is 38.8 Å². The van der Waals surface area contributed by atoms with Crippen LogP contribution in [0.15, 0.2) is 36.4 Å². The Kier molecular flexibility index (Phi) is 8.31. The van der Waals surface area contributed by atoms with E-state index in [1.54, 1.807) is 0 Å². The summed E-state index contributed by atoms with van der Waals surface area (Å²) in [5, 5.41) is 46.8. The molecular formula is C34H34O14S. The van der Waals surface area contributed by atoms with Crippen molar-refractivity contribution in [2.24, 2.45) is 0 Å². The first-order chi connectivity index (χ1) is 23.0. The second-order valence-corrected chi connectivity index (χ2v) is 14.4. The van der Waals surface area contributed by atoms with Crippen LogP contribution in [0.2, 0.25) is 0 Å². The van der Waals surface area contributed by atoms with Gasteiger partial charge in [0.25, 0.3) is 0 Å². The molecule has 4 aliphatic rings. The Hall–Kier alpha value is -4.15. The average molecular weight is 699 g/mol. The molecule has 0 amide bonds. The summed E-state index contributed by atoms with van der Waals surface area (Å²) < 4.78 is 16.6. The lowest BCUT2D eigenvalue weighted by atomic mass is 9.63. The van der Waals surface area contributed by atoms with Crippen LogP contribution in [0.1, 0.15) is 81.0 Å². The van der Waals surface area contributed by atoms with E-state index in [-0.39, 0.29) is 11.1 Å². The number of rotatable bonds is 6. The van der Waals surface area contributed by atoms with Crippen LogP contribution >= 0.6 is 11.8 Å². The van der Waals surface area contributed by atoms with Crippen molar-refractivity contribution in [2.75, 3.05) is 14.2 Å². The van der Waals surface area contributed by atoms with Crippen molar-refractivity contribution in [3.63, 3.8) is 0 Å². The Morgan fingerprint density at radius 3 is 1.43 bits per heavy atom. The molecule has 2 unspecified atom stereocenters. The number of phenolic OH excluding ortho intramolecular Hbond substituents is 2. The van der Waals surface area contributed by atoms with Gasteiger partial charge in [-0.15, -0.1) is 11.8 Å². The Balaban J connectivity index is 1.66. The number of methoxy groups -OCH3 is 2. The lowest BCUT2D eigenvalue weighted by Gasteiger charge is -2.61. The van der Waals surface area contributed by atoms with Crippen LogP contribution in [0.5, 0.6) is 11.5 Å². The number of fused-ring (bicyclic) bond motifs is 4. The van der Waals surface area contributed by atoms with Gasteiger partial charge in [0, 0.05) is 11.1 Å². The smallest absolute Gasteiger partial charge is 0.308 e. The molecule has 2 aliphatic heterocycles. The molecule has 2 fully saturated rings. The van der Waals surface area contributed by atoms with Gasteiger partial charge < -0.3 is 39.4 Å². The van der Waals surface area contributed by atoms with E-state index in [1.165, 1.54) is 38.1 Å². The molecule has 15 heteroatoms. The predicted octanol–water partition coefficient (Wildman–Crippen LogP) is 1.71. The number of thioether (sulfide) groups is 1. The minimum Gasteiger partial charge on any atom is -0.507 e. The van der Waals surface area contributed by atoms with E-state index in [0.717, 1.165) is 26.4 Å². The SMILES string of the molecule is COC(=O)C[C@H]1CC2(SC34C[C@H](CC(=O)OC)O[C@@H](C)[C@@]3(O)C(=O)c3c(O)cccc3C4=O)C(=O)c3cccc(O)c3C(=O)[C@]2(O)[C@H](C)O1. The fourth-order valence-corrected chi connectivity index (χ4v) is 10.3. The van der Waals surface area contributed by atoms with Crippen molar-refractivity contribution in [2.45, 2.75) is 84.6 Å². The maximum Gasteiger partial charge on any atom is 0.308 e. The number of benzene rings is 2. The summed E-state index contributed by atoms with van der Waals surface area (Å²) in [6.45, 7) is 2.57. The molecule has 2 heterocycles. The van der Waals surface area contributed by atoms with E-state index in [9.17, 15) is 39.6 Å². The van der Waals surface area contributed by atoms with Crippen LogP contribution in [0, 0.1) is 0 Å². The molecule has 2 aromatic carbocycles. The Morgan fingerprint density at radius 2 is 1.08 bits per heavy atom. The molecule has 260 valence electrons. The number of aliphatic hydroxyl groups is 2. The van der Waals surface area contributed by atoms with Gasteiger partial charge >= 0.3 is 11.9 Å². The van der Waals surface area contributed by atoms with Crippen molar-refractivity contribution in [3.8, 4) is 11.5 Å². The Morgan fingerprint density at radius 1 is 0.714 bits per heavy atom. The van der Waals surface area contributed by atoms with Gasteiger partial charge in [-0.3, -0.25) is 28.8 Å². The average Bonchev–Trinajstić information content (AvgIpc) is 3.06. The maximum atomic E-state index is 15.0. The second-order valence-electron chi connectivity index (χ2n) is 12.8. The first-order valence-electron chi connectivity index (χ1n) is 15.5. The van der Waals surface area contributed by atoms with E-state index < -0.39 is 128 Å². The van der Waals surface area contributed by atoms with Crippen LogP contribution in [0.3, 0.4) is 0 Å². The zero-order valence-corrected chi connectivity index (χ0v) is 27.7. The minimum atomic E-state index is -2.86. The van der Waals surface area contributed by atoms with E-state index in [1.807, 2.05) is 0 Å². The van der Waals surface area contributed by atoms with Gasteiger partial charge in [-0.2, -0.15) is 0 Å². The van der Waals surface area contributed by atoms with E-state index in [0.29, 0.717) is 11.8 Å². The van der Waals surface area contributed by atoms with E-state index >= 15 is 9.59 Å².